The van der Waals surface area contributed by atoms with E-state index in [9.17, 15) is 0 Å². The van der Waals surface area contributed by atoms with Gasteiger partial charge >= 0.3 is 0 Å². The van der Waals surface area contributed by atoms with Gasteiger partial charge in [0.15, 0.2) is 0 Å². The first-order chi connectivity index (χ1) is 7.38. The van der Waals surface area contributed by atoms with Crippen molar-refractivity contribution in [3.05, 3.63) is 11.4 Å². The van der Waals surface area contributed by atoms with Crippen LogP contribution in [0.25, 0.3) is 0 Å². The third kappa shape index (κ3) is 2.83. The molecule has 3 heteroatoms. The minimum absolute atomic E-state index is 0.122. The number of nitrogens with zero attached hydrogens (tertiary/aromatic N) is 3. The van der Waals surface area contributed by atoms with E-state index >= 15 is 0 Å². The Balaban J connectivity index is 3.10. The second-order valence-electron chi connectivity index (χ2n) is 5.80. The number of hydrogen-bond acceptors (Lipinski definition) is 2. The zero-order valence-electron chi connectivity index (χ0n) is 11.5. The maximum absolute atomic E-state index is 4.35. The molecule has 0 N–H and O–H groups in total. The molecule has 0 aromatic carbocycles. The molecular formula is C13H25N3. The molecule has 1 aromatic heterocycles. The van der Waals surface area contributed by atoms with Crippen molar-refractivity contribution < 1.29 is 0 Å². The quantitative estimate of drug-likeness (QED) is 0.782. The summed E-state index contributed by atoms with van der Waals surface area (Å²) in [5, 5.41) is 8.66. The van der Waals surface area contributed by atoms with E-state index in [1.165, 1.54) is 18.5 Å². The van der Waals surface area contributed by atoms with Gasteiger partial charge in [-0.3, -0.25) is 0 Å². The molecule has 16 heavy (non-hydrogen) atoms. The van der Waals surface area contributed by atoms with Gasteiger partial charge in [-0.05, 0) is 12.3 Å². The lowest BCUT2D eigenvalue weighted by Gasteiger charge is -2.22. The van der Waals surface area contributed by atoms with E-state index in [2.05, 4.69) is 56.5 Å². The average Bonchev–Trinajstić information content (AvgIpc) is 2.57. The van der Waals surface area contributed by atoms with Crippen LogP contribution in [0, 0.1) is 0 Å². The Morgan fingerprint density at radius 3 is 2.31 bits per heavy atom. The monoisotopic (exact) mass is 223 g/mol. The van der Waals surface area contributed by atoms with E-state index in [1.807, 2.05) is 0 Å². The normalized spacial score (nSPS) is 12.4. The molecule has 0 atom stereocenters. The number of rotatable bonds is 4. The van der Waals surface area contributed by atoms with Crippen LogP contribution in [0.2, 0.25) is 0 Å². The van der Waals surface area contributed by atoms with Crippen molar-refractivity contribution in [1.82, 2.24) is 15.0 Å². The Morgan fingerprint density at radius 1 is 1.25 bits per heavy atom. The molecule has 0 aliphatic heterocycles. The second kappa shape index (κ2) is 4.98. The highest BCUT2D eigenvalue weighted by Gasteiger charge is 2.26. The molecule has 0 saturated carbocycles. The number of aryl methyl sites for hydroxylation is 1. The van der Waals surface area contributed by atoms with Gasteiger partial charge in [0.25, 0.3) is 0 Å². The number of unbranched alkanes of at least 4 members (excludes halogenated alkanes) is 1. The highest BCUT2D eigenvalue weighted by atomic mass is 15.4. The standard InChI is InChI=1S/C13H25N3/c1-7-8-9-16-12(13(4,5)6)11(10(2)3)14-15-16/h10H,7-9H2,1-6H3. The van der Waals surface area contributed by atoms with Crippen molar-refractivity contribution in [2.75, 3.05) is 0 Å². The Labute approximate surface area is 99.2 Å². The van der Waals surface area contributed by atoms with Crippen molar-refractivity contribution in [2.45, 2.75) is 72.3 Å². The zero-order chi connectivity index (χ0) is 12.3. The van der Waals surface area contributed by atoms with Gasteiger partial charge < -0.3 is 0 Å². The molecule has 0 amide bonds. The Morgan fingerprint density at radius 2 is 1.88 bits per heavy atom. The van der Waals surface area contributed by atoms with Gasteiger partial charge in [-0.1, -0.05) is 53.2 Å². The lowest BCUT2D eigenvalue weighted by Crippen LogP contribution is -2.20. The summed E-state index contributed by atoms with van der Waals surface area (Å²) >= 11 is 0. The van der Waals surface area contributed by atoms with Crippen LogP contribution in [0.1, 0.15) is 71.7 Å². The molecule has 0 aliphatic rings. The largest absolute Gasteiger partial charge is 0.249 e. The van der Waals surface area contributed by atoms with Crippen molar-refractivity contribution in [1.29, 1.82) is 0 Å². The smallest absolute Gasteiger partial charge is 0.0889 e. The van der Waals surface area contributed by atoms with Crippen LogP contribution in [-0.2, 0) is 12.0 Å². The first-order valence-electron chi connectivity index (χ1n) is 6.31. The molecule has 0 unspecified atom stereocenters. The van der Waals surface area contributed by atoms with Gasteiger partial charge in [-0.15, -0.1) is 5.10 Å². The van der Waals surface area contributed by atoms with E-state index in [0.717, 1.165) is 12.2 Å². The first kappa shape index (κ1) is 13.2. The zero-order valence-corrected chi connectivity index (χ0v) is 11.5. The highest BCUT2D eigenvalue weighted by molar-refractivity contribution is 5.21. The third-order valence-corrected chi connectivity index (χ3v) is 2.74. The molecule has 92 valence electrons. The summed E-state index contributed by atoms with van der Waals surface area (Å²) in [6.45, 7) is 14.3. The van der Waals surface area contributed by atoms with E-state index < -0.39 is 0 Å². The minimum Gasteiger partial charge on any atom is -0.249 e. The first-order valence-corrected chi connectivity index (χ1v) is 6.31. The summed E-state index contributed by atoms with van der Waals surface area (Å²) in [6.07, 6.45) is 2.37. The van der Waals surface area contributed by atoms with Crippen LogP contribution in [0.4, 0.5) is 0 Å². The fourth-order valence-corrected chi connectivity index (χ4v) is 1.95. The Bertz CT molecular complexity index is 331. The second-order valence-corrected chi connectivity index (χ2v) is 5.80. The summed E-state index contributed by atoms with van der Waals surface area (Å²) in [7, 11) is 0. The van der Waals surface area contributed by atoms with Gasteiger partial charge in [0, 0.05) is 12.0 Å². The fraction of sp³-hybridized carbons (Fsp3) is 0.846. The van der Waals surface area contributed by atoms with Crippen molar-refractivity contribution >= 4 is 0 Å². The van der Waals surface area contributed by atoms with Gasteiger partial charge in [0.05, 0.1) is 11.4 Å². The molecule has 1 aromatic rings. The Kier molecular flexibility index (Phi) is 4.11. The van der Waals surface area contributed by atoms with Crippen LogP contribution < -0.4 is 0 Å². The Hall–Kier alpha value is -0.860. The van der Waals surface area contributed by atoms with Gasteiger partial charge in [-0.2, -0.15) is 0 Å². The van der Waals surface area contributed by atoms with Gasteiger partial charge in [0.2, 0.25) is 0 Å². The van der Waals surface area contributed by atoms with Gasteiger partial charge in [-0.25, -0.2) is 4.68 Å². The molecule has 3 nitrogen and oxygen atoms in total. The summed E-state index contributed by atoms with van der Waals surface area (Å²) in [5.74, 6) is 0.449. The maximum atomic E-state index is 4.35. The van der Waals surface area contributed by atoms with E-state index in [4.69, 9.17) is 0 Å². The molecule has 0 radical (unpaired) electrons. The topological polar surface area (TPSA) is 30.7 Å². The highest BCUT2D eigenvalue weighted by Crippen LogP contribution is 2.28. The molecule has 0 aliphatic carbocycles. The van der Waals surface area contributed by atoms with E-state index in [0.29, 0.717) is 5.92 Å². The van der Waals surface area contributed by atoms with Crippen LogP contribution >= 0.6 is 0 Å². The maximum Gasteiger partial charge on any atom is 0.0889 e. The molecule has 0 spiro atoms. The summed E-state index contributed by atoms with van der Waals surface area (Å²) in [5.41, 5.74) is 2.58. The van der Waals surface area contributed by atoms with Gasteiger partial charge in [0.1, 0.15) is 0 Å². The number of hydrogen-bond donors (Lipinski definition) is 0. The third-order valence-electron chi connectivity index (χ3n) is 2.74. The molecule has 1 rings (SSSR count). The SMILES string of the molecule is CCCCn1nnc(C(C)C)c1C(C)(C)C. The van der Waals surface area contributed by atoms with Crippen LogP contribution in [-0.4, -0.2) is 15.0 Å². The summed E-state index contributed by atoms with van der Waals surface area (Å²) in [6, 6.07) is 0. The van der Waals surface area contributed by atoms with Crippen molar-refractivity contribution in [2.24, 2.45) is 0 Å². The van der Waals surface area contributed by atoms with E-state index in [-0.39, 0.29) is 5.41 Å². The van der Waals surface area contributed by atoms with Crippen LogP contribution in [0.3, 0.4) is 0 Å². The average molecular weight is 223 g/mol. The van der Waals surface area contributed by atoms with E-state index in [1.54, 1.807) is 0 Å². The van der Waals surface area contributed by atoms with Crippen molar-refractivity contribution in [3.63, 3.8) is 0 Å². The number of aromatic nitrogens is 3. The summed E-state index contributed by atoms with van der Waals surface area (Å²) in [4.78, 5) is 0. The van der Waals surface area contributed by atoms with Crippen LogP contribution in [0.5, 0.6) is 0 Å². The molecule has 0 saturated heterocycles. The molecular weight excluding hydrogens is 198 g/mol. The predicted octanol–water partition coefficient (Wildman–Crippen LogP) is 3.50. The lowest BCUT2D eigenvalue weighted by molar-refractivity contribution is 0.464. The fourth-order valence-electron chi connectivity index (χ4n) is 1.95. The minimum atomic E-state index is 0.122. The molecule has 1 heterocycles. The van der Waals surface area contributed by atoms with Crippen LogP contribution in [0.15, 0.2) is 0 Å². The van der Waals surface area contributed by atoms with Crippen molar-refractivity contribution in [3.8, 4) is 0 Å². The molecule has 0 fully saturated rings. The predicted molar refractivity (Wildman–Crippen MR) is 67.7 cm³/mol. The molecule has 0 bridgehead atoms. The summed E-state index contributed by atoms with van der Waals surface area (Å²) < 4.78 is 2.10. The lowest BCUT2D eigenvalue weighted by atomic mass is 9.87.